The Balaban J connectivity index is 2.43. The van der Waals surface area contributed by atoms with E-state index in [-0.39, 0.29) is 12.2 Å². The van der Waals surface area contributed by atoms with Gasteiger partial charge in [-0.2, -0.15) is 0 Å². The maximum Gasteiger partial charge on any atom is 0.307 e. The summed E-state index contributed by atoms with van der Waals surface area (Å²) in [5.74, 6) is -0.214. The van der Waals surface area contributed by atoms with Crippen LogP contribution in [0.15, 0.2) is 36.4 Å². The molecule has 0 saturated heterocycles. The molecule has 2 aromatic carbocycles. The molecule has 0 atom stereocenters. The number of sulfone groups is 1. The van der Waals surface area contributed by atoms with Crippen LogP contribution in [0.25, 0.3) is 0 Å². The molecule has 0 fully saturated rings. The van der Waals surface area contributed by atoms with Gasteiger partial charge in [0.05, 0.1) is 19.3 Å². The van der Waals surface area contributed by atoms with Crippen LogP contribution in [0.2, 0.25) is 5.02 Å². The molecule has 6 nitrogen and oxygen atoms in total. The molecule has 0 amide bonds. The Hall–Kier alpha value is -2.25. The summed E-state index contributed by atoms with van der Waals surface area (Å²) in [6, 6.07) is 9.43. The fraction of sp³-hybridized carbons (Fsp3) is 0.235. The molecule has 1 N–H and O–H groups in total. The molecular formula is C17H17ClO6S. The molecular weight excluding hydrogens is 368 g/mol. The zero-order valence-corrected chi connectivity index (χ0v) is 15.2. The summed E-state index contributed by atoms with van der Waals surface area (Å²) >= 11 is 5.95. The van der Waals surface area contributed by atoms with Gasteiger partial charge in [-0.1, -0.05) is 17.7 Å². The summed E-state index contributed by atoms with van der Waals surface area (Å²) in [6.45, 7) is 0. The highest BCUT2D eigenvalue weighted by atomic mass is 35.5. The number of carboxylic acids is 1. The lowest BCUT2D eigenvalue weighted by atomic mass is 10.1. The summed E-state index contributed by atoms with van der Waals surface area (Å²) < 4.78 is 34.3. The van der Waals surface area contributed by atoms with E-state index in [0.717, 1.165) is 6.26 Å². The molecule has 8 heteroatoms. The van der Waals surface area contributed by atoms with E-state index in [1.807, 2.05) is 0 Å². The zero-order valence-electron chi connectivity index (χ0n) is 13.7. The molecule has 0 aliphatic carbocycles. The minimum Gasteiger partial charge on any atom is -0.493 e. The second-order valence-electron chi connectivity index (χ2n) is 5.48. The number of aliphatic carboxylic acids is 1. The number of hydrogen-bond acceptors (Lipinski definition) is 5. The molecule has 25 heavy (non-hydrogen) atoms. The molecule has 2 rings (SSSR count). The number of carboxylic acid groups (broad SMARTS) is 1. The summed E-state index contributed by atoms with van der Waals surface area (Å²) in [6.07, 6.45) is 0.947. The van der Waals surface area contributed by atoms with Crippen molar-refractivity contribution in [3.8, 4) is 17.2 Å². The molecule has 134 valence electrons. The number of benzene rings is 2. The van der Waals surface area contributed by atoms with Gasteiger partial charge in [0.25, 0.3) is 0 Å². The molecule has 0 unspecified atom stereocenters. The lowest BCUT2D eigenvalue weighted by Crippen LogP contribution is -2.04. The Kier molecular flexibility index (Phi) is 5.92. The van der Waals surface area contributed by atoms with E-state index >= 15 is 0 Å². The first kappa shape index (κ1) is 19.1. The van der Waals surface area contributed by atoms with Gasteiger partial charge in [0.2, 0.25) is 0 Å². The van der Waals surface area contributed by atoms with Gasteiger partial charge in [0, 0.05) is 16.8 Å². The van der Waals surface area contributed by atoms with Crippen molar-refractivity contribution in [2.45, 2.75) is 12.2 Å². The van der Waals surface area contributed by atoms with Gasteiger partial charge in [-0.05, 0) is 35.9 Å². The van der Waals surface area contributed by atoms with Crippen LogP contribution in [0, 0.1) is 0 Å². The summed E-state index contributed by atoms with van der Waals surface area (Å²) in [5.41, 5.74) is 0.933. The molecule has 0 aliphatic rings. The Morgan fingerprint density at radius 2 is 1.80 bits per heavy atom. The highest BCUT2D eigenvalue weighted by Crippen LogP contribution is 2.35. The molecule has 0 heterocycles. The first-order valence-corrected chi connectivity index (χ1v) is 9.64. The van der Waals surface area contributed by atoms with Crippen LogP contribution in [0.1, 0.15) is 11.1 Å². The second kappa shape index (κ2) is 7.76. The second-order valence-corrected chi connectivity index (χ2v) is 8.06. The van der Waals surface area contributed by atoms with Crippen LogP contribution >= 0.6 is 11.6 Å². The Morgan fingerprint density at radius 3 is 2.40 bits per heavy atom. The Labute approximate surface area is 150 Å². The quantitative estimate of drug-likeness (QED) is 0.787. The van der Waals surface area contributed by atoms with Crippen molar-refractivity contribution in [2.24, 2.45) is 0 Å². The van der Waals surface area contributed by atoms with E-state index in [1.54, 1.807) is 30.3 Å². The maximum atomic E-state index is 11.6. The molecule has 0 radical (unpaired) electrons. The van der Waals surface area contributed by atoms with Crippen LogP contribution in [0.3, 0.4) is 0 Å². The van der Waals surface area contributed by atoms with Crippen LogP contribution < -0.4 is 9.47 Å². The van der Waals surface area contributed by atoms with Gasteiger partial charge in [0.1, 0.15) is 5.75 Å². The van der Waals surface area contributed by atoms with Crippen LogP contribution in [0.4, 0.5) is 0 Å². The lowest BCUT2D eigenvalue weighted by Gasteiger charge is -2.14. The van der Waals surface area contributed by atoms with E-state index in [9.17, 15) is 13.2 Å². The number of carbonyl (C=O) groups is 1. The van der Waals surface area contributed by atoms with E-state index in [4.69, 9.17) is 26.2 Å². The van der Waals surface area contributed by atoms with E-state index < -0.39 is 15.8 Å². The van der Waals surface area contributed by atoms with Gasteiger partial charge in [-0.3, -0.25) is 4.79 Å². The molecule has 2 aromatic rings. The van der Waals surface area contributed by atoms with E-state index in [0.29, 0.717) is 33.4 Å². The number of hydrogen-bond donors (Lipinski definition) is 1. The van der Waals surface area contributed by atoms with Crippen LogP contribution in [-0.4, -0.2) is 32.9 Å². The van der Waals surface area contributed by atoms with Gasteiger partial charge in [0.15, 0.2) is 21.3 Å². The monoisotopic (exact) mass is 384 g/mol. The van der Waals surface area contributed by atoms with Gasteiger partial charge >= 0.3 is 5.97 Å². The van der Waals surface area contributed by atoms with Gasteiger partial charge in [-0.25, -0.2) is 8.42 Å². The lowest BCUT2D eigenvalue weighted by molar-refractivity contribution is -0.136. The third kappa shape index (κ3) is 5.65. The van der Waals surface area contributed by atoms with Crippen molar-refractivity contribution in [3.05, 3.63) is 52.5 Å². The summed E-state index contributed by atoms with van der Waals surface area (Å²) in [4.78, 5) is 10.9. The predicted octanol–water partition coefficient (Wildman–Crippen LogP) is 3.31. The number of halogens is 1. The van der Waals surface area contributed by atoms with Crippen molar-refractivity contribution < 1.29 is 27.8 Å². The topological polar surface area (TPSA) is 89.9 Å². The van der Waals surface area contributed by atoms with Crippen molar-refractivity contribution >= 4 is 27.4 Å². The molecule has 0 aliphatic heterocycles. The minimum atomic E-state index is -3.30. The molecule has 0 spiro atoms. The van der Waals surface area contributed by atoms with Crippen molar-refractivity contribution in [2.75, 3.05) is 13.4 Å². The predicted molar refractivity (Wildman–Crippen MR) is 94.4 cm³/mol. The van der Waals surface area contributed by atoms with Gasteiger partial charge < -0.3 is 14.6 Å². The molecule has 0 bridgehead atoms. The first-order valence-electron chi connectivity index (χ1n) is 7.20. The number of methoxy groups -OCH3 is 1. The third-order valence-corrected chi connectivity index (χ3v) is 4.31. The Morgan fingerprint density at radius 1 is 1.12 bits per heavy atom. The highest BCUT2D eigenvalue weighted by Gasteiger charge is 2.15. The fourth-order valence-electron chi connectivity index (χ4n) is 2.25. The average molecular weight is 385 g/mol. The van der Waals surface area contributed by atoms with Crippen molar-refractivity contribution in [3.63, 3.8) is 0 Å². The normalized spacial score (nSPS) is 11.2. The number of ether oxygens (including phenoxy) is 2. The summed E-state index contributed by atoms with van der Waals surface area (Å²) in [5, 5.41) is 9.31. The molecule has 0 saturated carbocycles. The maximum absolute atomic E-state index is 11.6. The van der Waals surface area contributed by atoms with Gasteiger partial charge in [-0.15, -0.1) is 0 Å². The third-order valence-electron chi connectivity index (χ3n) is 3.24. The van der Waals surface area contributed by atoms with Crippen molar-refractivity contribution in [1.29, 1.82) is 0 Å². The Bertz CT molecular complexity index is 892. The SMILES string of the molecule is COc1ccc(CC(=O)O)cc1Oc1ccc(Cl)cc1CS(C)(=O)=O. The summed E-state index contributed by atoms with van der Waals surface area (Å²) in [7, 11) is -1.84. The largest absolute Gasteiger partial charge is 0.493 e. The minimum absolute atomic E-state index is 0.169. The zero-order chi connectivity index (χ0) is 18.6. The fourth-order valence-corrected chi connectivity index (χ4v) is 3.23. The average Bonchev–Trinajstić information content (AvgIpc) is 2.48. The smallest absolute Gasteiger partial charge is 0.307 e. The van der Waals surface area contributed by atoms with Crippen LogP contribution in [-0.2, 0) is 26.8 Å². The molecule has 0 aromatic heterocycles. The van der Waals surface area contributed by atoms with E-state index in [2.05, 4.69) is 0 Å². The first-order chi connectivity index (χ1) is 11.7. The van der Waals surface area contributed by atoms with E-state index in [1.165, 1.54) is 13.2 Å². The standard InChI is InChI=1S/C17H17ClO6S/c1-23-15-5-3-11(8-17(19)20)7-16(15)24-14-6-4-13(18)9-12(14)10-25(2,21)22/h3-7,9H,8,10H2,1-2H3,(H,19,20). The van der Waals surface area contributed by atoms with Crippen LogP contribution in [0.5, 0.6) is 17.2 Å². The number of rotatable bonds is 7. The van der Waals surface area contributed by atoms with Crippen molar-refractivity contribution in [1.82, 2.24) is 0 Å². The highest BCUT2D eigenvalue weighted by molar-refractivity contribution is 7.89.